The predicted molar refractivity (Wildman–Crippen MR) is 59.0 cm³/mol. The monoisotopic (exact) mass is 223 g/mol. The highest BCUT2D eigenvalue weighted by molar-refractivity contribution is 5.92. The number of aromatic nitrogens is 2. The highest BCUT2D eigenvalue weighted by atomic mass is 16.3. The number of likely N-dealkylation sites (tertiary alicyclic amines) is 1. The molecule has 0 aromatic carbocycles. The second kappa shape index (κ2) is 4.65. The summed E-state index contributed by atoms with van der Waals surface area (Å²) >= 11 is 0. The third-order valence-electron chi connectivity index (χ3n) is 3.14. The van der Waals surface area contributed by atoms with Gasteiger partial charge < -0.3 is 14.6 Å². The molecule has 0 bridgehead atoms. The van der Waals surface area contributed by atoms with E-state index < -0.39 is 0 Å². The molecule has 5 heteroatoms. The van der Waals surface area contributed by atoms with Crippen LogP contribution in [0.4, 0.5) is 0 Å². The van der Waals surface area contributed by atoms with Gasteiger partial charge in [0.15, 0.2) is 0 Å². The third kappa shape index (κ3) is 1.95. The Bertz CT molecular complexity index is 375. The summed E-state index contributed by atoms with van der Waals surface area (Å²) in [6.07, 6.45) is 5.91. The van der Waals surface area contributed by atoms with Crippen molar-refractivity contribution in [2.45, 2.75) is 25.3 Å². The van der Waals surface area contributed by atoms with Crippen molar-refractivity contribution in [1.29, 1.82) is 0 Å². The van der Waals surface area contributed by atoms with Crippen LogP contribution in [0.2, 0.25) is 0 Å². The first-order valence-corrected chi connectivity index (χ1v) is 5.62. The lowest BCUT2D eigenvalue weighted by Crippen LogP contribution is -2.36. The molecule has 1 aromatic heterocycles. The maximum atomic E-state index is 12.2. The molecule has 5 nitrogen and oxygen atoms in total. The molecule has 0 spiro atoms. The number of amides is 1. The van der Waals surface area contributed by atoms with Crippen molar-refractivity contribution < 1.29 is 9.90 Å². The smallest absolute Gasteiger partial charge is 0.272 e. The number of imidazole rings is 1. The van der Waals surface area contributed by atoms with Gasteiger partial charge in [0, 0.05) is 26.2 Å². The minimum atomic E-state index is 0.0240. The quantitative estimate of drug-likeness (QED) is 0.807. The van der Waals surface area contributed by atoms with Crippen LogP contribution >= 0.6 is 0 Å². The highest BCUT2D eigenvalue weighted by Crippen LogP contribution is 2.21. The molecule has 0 radical (unpaired) electrons. The lowest BCUT2D eigenvalue weighted by atomic mass is 10.1. The van der Waals surface area contributed by atoms with Crippen molar-refractivity contribution in [3.63, 3.8) is 0 Å². The summed E-state index contributed by atoms with van der Waals surface area (Å²) < 4.78 is 1.73. The maximum absolute atomic E-state index is 12.2. The van der Waals surface area contributed by atoms with Crippen molar-refractivity contribution in [2.75, 3.05) is 13.2 Å². The molecule has 88 valence electrons. The van der Waals surface area contributed by atoms with Crippen LogP contribution in [-0.4, -0.2) is 44.7 Å². The van der Waals surface area contributed by atoms with Crippen molar-refractivity contribution >= 4 is 5.91 Å². The molecule has 2 heterocycles. The van der Waals surface area contributed by atoms with E-state index in [0.29, 0.717) is 12.1 Å². The first-order chi connectivity index (χ1) is 7.74. The number of rotatable bonds is 3. The number of aliphatic hydroxyl groups is 1. The van der Waals surface area contributed by atoms with Gasteiger partial charge in [0.1, 0.15) is 5.69 Å². The van der Waals surface area contributed by atoms with E-state index in [1.54, 1.807) is 17.1 Å². The average molecular weight is 223 g/mol. The van der Waals surface area contributed by atoms with Gasteiger partial charge in [-0.1, -0.05) is 0 Å². The first kappa shape index (κ1) is 11.1. The van der Waals surface area contributed by atoms with Gasteiger partial charge in [0.05, 0.1) is 12.5 Å². The SMILES string of the molecule is Cn1cncc1C(=O)N1CCCC1CCO. The van der Waals surface area contributed by atoms with Gasteiger partial charge in [-0.15, -0.1) is 0 Å². The molecule has 1 saturated heterocycles. The Morgan fingerprint density at radius 1 is 1.69 bits per heavy atom. The van der Waals surface area contributed by atoms with Gasteiger partial charge in [-0.3, -0.25) is 4.79 Å². The summed E-state index contributed by atoms with van der Waals surface area (Å²) in [5.74, 6) is 0.0240. The molecule has 1 amide bonds. The number of aryl methyl sites for hydroxylation is 1. The molecule has 1 aliphatic heterocycles. The fourth-order valence-corrected chi connectivity index (χ4v) is 2.26. The summed E-state index contributed by atoms with van der Waals surface area (Å²) in [6.45, 7) is 0.925. The fraction of sp³-hybridized carbons (Fsp3) is 0.636. The van der Waals surface area contributed by atoms with Gasteiger partial charge in [-0.2, -0.15) is 0 Å². The lowest BCUT2D eigenvalue weighted by molar-refractivity contribution is 0.0706. The molecule has 1 unspecified atom stereocenters. The van der Waals surface area contributed by atoms with Gasteiger partial charge in [-0.25, -0.2) is 4.98 Å². The van der Waals surface area contributed by atoms with Crippen molar-refractivity contribution in [2.24, 2.45) is 7.05 Å². The number of carbonyl (C=O) groups is 1. The van der Waals surface area contributed by atoms with E-state index in [-0.39, 0.29) is 18.6 Å². The molecular formula is C11H17N3O2. The zero-order valence-electron chi connectivity index (χ0n) is 9.46. The standard InChI is InChI=1S/C11H17N3O2/c1-13-8-12-7-10(13)11(16)14-5-2-3-9(14)4-6-15/h7-9,15H,2-6H2,1H3. The molecule has 1 aromatic rings. The Labute approximate surface area is 94.7 Å². The van der Waals surface area contributed by atoms with Crippen molar-refractivity contribution in [3.05, 3.63) is 18.2 Å². The molecule has 1 fully saturated rings. The number of hydrogen-bond donors (Lipinski definition) is 1. The van der Waals surface area contributed by atoms with Crippen LogP contribution in [-0.2, 0) is 7.05 Å². The van der Waals surface area contributed by atoms with E-state index in [4.69, 9.17) is 5.11 Å². The number of hydrogen-bond acceptors (Lipinski definition) is 3. The van der Waals surface area contributed by atoms with Crippen LogP contribution in [0.5, 0.6) is 0 Å². The Kier molecular flexibility index (Phi) is 3.24. The van der Waals surface area contributed by atoms with Crippen LogP contribution in [0.25, 0.3) is 0 Å². The Morgan fingerprint density at radius 3 is 3.12 bits per heavy atom. The third-order valence-corrected chi connectivity index (χ3v) is 3.14. The lowest BCUT2D eigenvalue weighted by Gasteiger charge is -2.24. The molecule has 0 saturated carbocycles. The van der Waals surface area contributed by atoms with Crippen LogP contribution in [0.3, 0.4) is 0 Å². The maximum Gasteiger partial charge on any atom is 0.272 e. The van der Waals surface area contributed by atoms with E-state index in [1.165, 1.54) is 0 Å². The predicted octanol–water partition coefficient (Wildman–Crippen LogP) is 0.407. The van der Waals surface area contributed by atoms with Crippen molar-refractivity contribution in [1.82, 2.24) is 14.5 Å². The van der Waals surface area contributed by atoms with Crippen LogP contribution in [0.1, 0.15) is 29.8 Å². The highest BCUT2D eigenvalue weighted by Gasteiger charge is 2.29. The van der Waals surface area contributed by atoms with E-state index in [2.05, 4.69) is 4.98 Å². The van der Waals surface area contributed by atoms with Crippen LogP contribution in [0.15, 0.2) is 12.5 Å². The Morgan fingerprint density at radius 2 is 2.50 bits per heavy atom. The average Bonchev–Trinajstić information content (AvgIpc) is 2.87. The molecule has 1 aliphatic rings. The minimum Gasteiger partial charge on any atom is -0.396 e. The Balaban J connectivity index is 2.12. The molecule has 1 atom stereocenters. The molecule has 1 N–H and O–H groups in total. The fourth-order valence-electron chi connectivity index (χ4n) is 2.26. The summed E-state index contributed by atoms with van der Waals surface area (Å²) in [7, 11) is 1.82. The van der Waals surface area contributed by atoms with Gasteiger partial charge in [0.2, 0.25) is 0 Å². The second-order valence-electron chi connectivity index (χ2n) is 4.20. The number of aliphatic hydroxyl groups excluding tert-OH is 1. The van der Waals surface area contributed by atoms with Crippen LogP contribution in [0, 0.1) is 0 Å². The number of carbonyl (C=O) groups excluding carboxylic acids is 1. The summed E-state index contributed by atoms with van der Waals surface area (Å²) in [5.41, 5.74) is 0.616. The van der Waals surface area contributed by atoms with E-state index in [1.807, 2.05) is 11.9 Å². The topological polar surface area (TPSA) is 58.4 Å². The Hall–Kier alpha value is -1.36. The van der Waals surface area contributed by atoms with Gasteiger partial charge >= 0.3 is 0 Å². The zero-order chi connectivity index (χ0) is 11.5. The van der Waals surface area contributed by atoms with Gasteiger partial charge in [-0.05, 0) is 19.3 Å². The largest absolute Gasteiger partial charge is 0.396 e. The molecular weight excluding hydrogens is 206 g/mol. The molecule has 16 heavy (non-hydrogen) atoms. The van der Waals surface area contributed by atoms with Crippen molar-refractivity contribution in [3.8, 4) is 0 Å². The summed E-state index contributed by atoms with van der Waals surface area (Å²) in [4.78, 5) is 18.0. The first-order valence-electron chi connectivity index (χ1n) is 5.62. The van der Waals surface area contributed by atoms with Gasteiger partial charge in [0.25, 0.3) is 5.91 Å². The number of nitrogens with zero attached hydrogens (tertiary/aromatic N) is 3. The minimum absolute atomic E-state index is 0.0240. The van der Waals surface area contributed by atoms with E-state index in [0.717, 1.165) is 19.4 Å². The van der Waals surface area contributed by atoms with E-state index >= 15 is 0 Å². The molecule has 0 aliphatic carbocycles. The summed E-state index contributed by atoms with van der Waals surface area (Å²) in [6, 6.07) is 0.187. The summed E-state index contributed by atoms with van der Waals surface area (Å²) in [5, 5.41) is 8.96. The van der Waals surface area contributed by atoms with E-state index in [9.17, 15) is 4.79 Å². The van der Waals surface area contributed by atoms with Crippen LogP contribution < -0.4 is 0 Å². The normalized spacial score (nSPS) is 20.4. The second-order valence-corrected chi connectivity index (χ2v) is 4.20. The zero-order valence-corrected chi connectivity index (χ0v) is 9.46. The molecule has 2 rings (SSSR count).